The number of carbonyl (C=O) groups is 1. The fraction of sp³-hybridized carbons (Fsp3) is 0.125. The second-order valence-electron chi connectivity index (χ2n) is 7.08. The summed E-state index contributed by atoms with van der Waals surface area (Å²) in [5.41, 5.74) is 8.06. The zero-order chi connectivity index (χ0) is 23.7. The number of fused-ring (bicyclic) bond motifs is 1. The number of ether oxygens (including phenoxy) is 1. The number of esters is 1. The van der Waals surface area contributed by atoms with Crippen molar-refractivity contribution in [1.29, 1.82) is 5.26 Å². The van der Waals surface area contributed by atoms with Gasteiger partial charge in [-0.1, -0.05) is 36.4 Å². The average Bonchev–Trinajstić information content (AvgIpc) is 3.11. The molecule has 0 amide bonds. The van der Waals surface area contributed by atoms with E-state index in [4.69, 9.17) is 10.5 Å². The maximum Gasteiger partial charge on any atom is 0.338 e. The van der Waals surface area contributed by atoms with Gasteiger partial charge in [0.25, 0.3) is 5.56 Å². The summed E-state index contributed by atoms with van der Waals surface area (Å²) in [6.45, 7) is 1.88. The van der Waals surface area contributed by atoms with Crippen LogP contribution in [0.2, 0.25) is 0 Å². The zero-order valence-electron chi connectivity index (χ0n) is 17.3. The second-order valence-corrected chi connectivity index (χ2v) is 10.4. The second kappa shape index (κ2) is 9.82. The van der Waals surface area contributed by atoms with Crippen LogP contribution in [0.1, 0.15) is 24.0 Å². The van der Waals surface area contributed by atoms with Crippen molar-refractivity contribution in [3.63, 3.8) is 0 Å². The number of benzene rings is 2. The lowest BCUT2D eigenvalue weighted by Gasteiger charge is -2.25. The third-order valence-corrected chi connectivity index (χ3v) is 8.25. The van der Waals surface area contributed by atoms with Gasteiger partial charge in [0.05, 0.1) is 34.3 Å². The molecule has 9 heteroatoms. The van der Waals surface area contributed by atoms with Gasteiger partial charge in [0.1, 0.15) is 10.5 Å². The van der Waals surface area contributed by atoms with Gasteiger partial charge in [0.2, 0.25) is 0 Å². The molecule has 1 aliphatic rings. The summed E-state index contributed by atoms with van der Waals surface area (Å²) in [7, 11) is 0. The smallest absolute Gasteiger partial charge is 0.338 e. The van der Waals surface area contributed by atoms with E-state index in [1.54, 1.807) is 13.0 Å². The van der Waals surface area contributed by atoms with Crippen LogP contribution in [0, 0.1) is 18.5 Å². The first kappa shape index (κ1) is 23.7. The highest BCUT2D eigenvalue weighted by Crippen LogP contribution is 2.38. The van der Waals surface area contributed by atoms with Crippen molar-refractivity contribution >= 4 is 80.0 Å². The summed E-state index contributed by atoms with van der Waals surface area (Å²) < 4.78 is 9.30. The van der Waals surface area contributed by atoms with Crippen molar-refractivity contribution in [2.75, 3.05) is 6.61 Å². The highest BCUT2D eigenvalue weighted by molar-refractivity contribution is 14.1. The number of aromatic nitrogens is 1. The van der Waals surface area contributed by atoms with Gasteiger partial charge in [0.15, 0.2) is 0 Å². The highest BCUT2D eigenvalue weighted by atomic mass is 127. The minimum absolute atomic E-state index is 0.0360. The maximum absolute atomic E-state index is 13.4. The number of hydrogen-bond acceptors (Lipinski definition) is 6. The Morgan fingerprint density at radius 1 is 1.21 bits per heavy atom. The van der Waals surface area contributed by atoms with E-state index in [0.717, 1.165) is 18.3 Å². The largest absolute Gasteiger partial charge is 0.463 e. The molecule has 1 aromatic heterocycles. The molecule has 2 aromatic carbocycles. The van der Waals surface area contributed by atoms with Crippen molar-refractivity contribution < 1.29 is 9.53 Å². The molecule has 0 spiro atoms. The predicted molar refractivity (Wildman–Crippen MR) is 146 cm³/mol. The Balaban J connectivity index is 2.14. The van der Waals surface area contributed by atoms with E-state index in [1.165, 1.54) is 15.9 Å². The van der Waals surface area contributed by atoms with Crippen LogP contribution in [0.4, 0.5) is 0 Å². The third kappa shape index (κ3) is 4.27. The van der Waals surface area contributed by atoms with E-state index in [0.29, 0.717) is 9.20 Å². The summed E-state index contributed by atoms with van der Waals surface area (Å²) in [5.74, 6) is -1.27. The van der Waals surface area contributed by atoms with Crippen molar-refractivity contribution in [1.82, 2.24) is 4.57 Å². The molecule has 0 radical (unpaired) electrons. The molecule has 6 nitrogen and oxygen atoms in total. The van der Waals surface area contributed by atoms with Crippen LogP contribution in [0.5, 0.6) is 0 Å². The fourth-order valence-corrected chi connectivity index (χ4v) is 6.11. The van der Waals surface area contributed by atoms with E-state index in [-0.39, 0.29) is 29.1 Å². The SMILES string of the molecule is CCOC(=O)C1=c2sc(=Cc3ccccc3I)c(=O)n2C(N)=C(C#N)C1c1ccccc1I. The number of carbonyl (C=O) groups excluding carboxylic acids is 1. The van der Waals surface area contributed by atoms with E-state index in [1.807, 2.05) is 48.5 Å². The number of rotatable bonds is 4. The first-order valence-electron chi connectivity index (χ1n) is 9.93. The molecule has 0 bridgehead atoms. The normalized spacial score (nSPS) is 15.9. The van der Waals surface area contributed by atoms with Crippen LogP contribution >= 0.6 is 56.5 Å². The monoisotopic (exact) mass is 681 g/mol. The van der Waals surface area contributed by atoms with Gasteiger partial charge >= 0.3 is 5.97 Å². The molecule has 3 aromatic rings. The Morgan fingerprint density at radius 3 is 2.52 bits per heavy atom. The maximum atomic E-state index is 13.4. The van der Waals surface area contributed by atoms with Crippen molar-refractivity contribution in [2.45, 2.75) is 12.8 Å². The molecule has 0 saturated carbocycles. The Hall–Kier alpha value is -2.43. The number of allylic oxidation sites excluding steroid dienone is 1. The van der Waals surface area contributed by atoms with Gasteiger partial charge in [-0.05, 0) is 81.4 Å². The summed E-state index contributed by atoms with van der Waals surface area (Å²) in [6.07, 6.45) is 1.78. The molecule has 4 rings (SSSR count). The molecular formula is C24H17I2N3O3S. The molecule has 166 valence electrons. The Morgan fingerprint density at radius 2 is 1.88 bits per heavy atom. The molecule has 0 fully saturated rings. The topological polar surface area (TPSA) is 98.1 Å². The predicted octanol–water partition coefficient (Wildman–Crippen LogP) is 3.11. The number of hydrogen-bond donors (Lipinski definition) is 1. The van der Waals surface area contributed by atoms with E-state index < -0.39 is 11.9 Å². The van der Waals surface area contributed by atoms with Gasteiger partial charge in [-0.25, -0.2) is 4.79 Å². The van der Waals surface area contributed by atoms with Crippen molar-refractivity contribution in [3.05, 3.63) is 91.9 Å². The first-order chi connectivity index (χ1) is 15.9. The zero-order valence-corrected chi connectivity index (χ0v) is 22.5. The van der Waals surface area contributed by atoms with Crippen LogP contribution in [0.25, 0.3) is 17.5 Å². The molecule has 2 N–H and O–H groups in total. The molecular weight excluding hydrogens is 664 g/mol. The van der Waals surface area contributed by atoms with Gasteiger partial charge in [0, 0.05) is 7.14 Å². The van der Waals surface area contributed by atoms with E-state index in [2.05, 4.69) is 51.3 Å². The molecule has 1 atom stereocenters. The molecule has 2 heterocycles. The van der Waals surface area contributed by atoms with Gasteiger partial charge in [-0.15, -0.1) is 11.3 Å². The van der Waals surface area contributed by atoms with Crippen LogP contribution in [0.15, 0.2) is 58.9 Å². The lowest BCUT2D eigenvalue weighted by Crippen LogP contribution is -2.40. The first-order valence-corrected chi connectivity index (χ1v) is 12.9. The van der Waals surface area contributed by atoms with E-state index >= 15 is 0 Å². The quantitative estimate of drug-likeness (QED) is 0.338. The number of halogens is 2. The number of nitrogens with two attached hydrogens (primary N) is 1. The Kier molecular flexibility index (Phi) is 7.06. The molecule has 1 unspecified atom stereocenters. The van der Waals surface area contributed by atoms with Crippen LogP contribution < -0.4 is 20.5 Å². The standard InChI is InChI=1S/C24H17I2N3O3S/c1-2-32-24(31)20-19(14-8-4-6-10-17(14)26)15(12-27)21(28)29-22(30)18(33-23(20)29)11-13-7-3-5-9-16(13)25/h3-11,19H,2,28H2,1H3. The number of nitriles is 1. The lowest BCUT2D eigenvalue weighted by atomic mass is 9.84. The number of thiazole rings is 1. The van der Waals surface area contributed by atoms with Gasteiger partial charge in [-0.2, -0.15) is 5.26 Å². The fourth-order valence-electron chi connectivity index (χ4n) is 3.71. The minimum atomic E-state index is -0.732. The van der Waals surface area contributed by atoms with Gasteiger partial charge in [-0.3, -0.25) is 9.36 Å². The third-order valence-electron chi connectivity index (χ3n) is 5.17. The molecule has 0 aliphatic carbocycles. The Labute approximate surface area is 221 Å². The minimum Gasteiger partial charge on any atom is -0.463 e. The highest BCUT2D eigenvalue weighted by Gasteiger charge is 2.37. The molecule has 33 heavy (non-hydrogen) atoms. The summed E-state index contributed by atoms with van der Waals surface area (Å²) >= 11 is 5.55. The molecule has 0 saturated heterocycles. The summed E-state index contributed by atoms with van der Waals surface area (Å²) in [6, 6.07) is 17.3. The lowest BCUT2D eigenvalue weighted by molar-refractivity contribution is -0.136. The van der Waals surface area contributed by atoms with Crippen LogP contribution in [-0.2, 0) is 9.53 Å². The van der Waals surface area contributed by atoms with Crippen molar-refractivity contribution in [2.24, 2.45) is 5.73 Å². The van der Waals surface area contributed by atoms with Crippen LogP contribution in [-0.4, -0.2) is 17.1 Å². The van der Waals surface area contributed by atoms with Crippen molar-refractivity contribution in [3.8, 4) is 6.07 Å². The average molecular weight is 681 g/mol. The van der Waals surface area contributed by atoms with Crippen LogP contribution in [0.3, 0.4) is 0 Å². The summed E-state index contributed by atoms with van der Waals surface area (Å²) in [5, 5.41) is 10.0. The Bertz CT molecular complexity index is 1530. The number of nitrogens with zero attached hydrogens (tertiary/aromatic N) is 2. The molecule has 1 aliphatic heterocycles. The van der Waals surface area contributed by atoms with Gasteiger partial charge < -0.3 is 10.5 Å². The van der Waals surface area contributed by atoms with E-state index in [9.17, 15) is 14.9 Å². The summed E-state index contributed by atoms with van der Waals surface area (Å²) in [4.78, 5) is 26.6.